The molecule has 4 heterocycles. The molecule has 1 aromatic carbocycles. The number of anilines is 2. The van der Waals surface area contributed by atoms with Gasteiger partial charge in [-0.2, -0.15) is 0 Å². The highest BCUT2D eigenvalue weighted by Crippen LogP contribution is 2.27. The highest BCUT2D eigenvalue weighted by atomic mass is 16.2. The van der Waals surface area contributed by atoms with Gasteiger partial charge in [-0.1, -0.05) is 12.1 Å². The molecular formula is C26H33N7O. The number of hydrogen-bond donors (Lipinski definition) is 0. The zero-order valence-corrected chi connectivity index (χ0v) is 20.3. The van der Waals surface area contributed by atoms with Crippen molar-refractivity contribution in [1.82, 2.24) is 24.4 Å². The second-order valence-corrected chi connectivity index (χ2v) is 9.44. The molecule has 0 atom stereocenters. The maximum Gasteiger partial charge on any atom is 0.225 e. The Balaban J connectivity index is 1.16. The Morgan fingerprint density at radius 1 is 0.853 bits per heavy atom. The van der Waals surface area contributed by atoms with Gasteiger partial charge in [0.2, 0.25) is 5.91 Å². The summed E-state index contributed by atoms with van der Waals surface area (Å²) in [4.78, 5) is 33.2. The van der Waals surface area contributed by atoms with E-state index in [4.69, 9.17) is 0 Å². The van der Waals surface area contributed by atoms with Crippen molar-refractivity contribution in [2.75, 3.05) is 49.1 Å². The molecule has 0 aliphatic carbocycles. The zero-order valence-electron chi connectivity index (χ0n) is 20.3. The molecule has 3 aromatic rings. The summed E-state index contributed by atoms with van der Waals surface area (Å²) in [6.45, 7) is 11.3. The Morgan fingerprint density at radius 2 is 1.59 bits per heavy atom. The second-order valence-electron chi connectivity index (χ2n) is 9.44. The molecule has 0 unspecified atom stereocenters. The predicted octanol–water partition coefficient (Wildman–Crippen LogP) is 3.15. The largest absolute Gasteiger partial charge is 0.368 e. The fourth-order valence-corrected chi connectivity index (χ4v) is 5.10. The van der Waals surface area contributed by atoms with Crippen molar-refractivity contribution in [3.05, 3.63) is 59.9 Å². The fourth-order valence-electron chi connectivity index (χ4n) is 5.10. The number of piperazine rings is 1. The smallest absolute Gasteiger partial charge is 0.225 e. The maximum absolute atomic E-state index is 13.3. The number of benzene rings is 1. The van der Waals surface area contributed by atoms with Crippen LogP contribution in [0.15, 0.2) is 43.0 Å². The summed E-state index contributed by atoms with van der Waals surface area (Å²) < 4.78 is 1.96. The van der Waals surface area contributed by atoms with E-state index in [0.717, 1.165) is 69.6 Å². The average molecular weight is 460 g/mol. The van der Waals surface area contributed by atoms with E-state index in [9.17, 15) is 4.79 Å². The number of carbonyl (C=O) groups excluding carboxylic acids is 1. The van der Waals surface area contributed by atoms with Gasteiger partial charge in [-0.05, 0) is 50.8 Å². The van der Waals surface area contributed by atoms with Gasteiger partial charge >= 0.3 is 0 Å². The number of nitrogens with zero attached hydrogens (tertiary/aromatic N) is 7. The first-order valence-electron chi connectivity index (χ1n) is 12.2. The van der Waals surface area contributed by atoms with E-state index >= 15 is 0 Å². The summed E-state index contributed by atoms with van der Waals surface area (Å²) in [5.74, 6) is 3.04. The molecule has 1 amide bonds. The van der Waals surface area contributed by atoms with E-state index in [-0.39, 0.29) is 5.92 Å². The normalized spacial score (nSPS) is 17.3. The van der Waals surface area contributed by atoms with Crippen molar-refractivity contribution in [1.29, 1.82) is 0 Å². The number of amides is 1. The molecule has 8 nitrogen and oxygen atoms in total. The van der Waals surface area contributed by atoms with Crippen molar-refractivity contribution in [3.63, 3.8) is 0 Å². The van der Waals surface area contributed by atoms with Crippen LogP contribution in [-0.4, -0.2) is 69.6 Å². The molecule has 2 aliphatic rings. The highest BCUT2D eigenvalue weighted by molar-refractivity contribution is 5.79. The lowest BCUT2D eigenvalue weighted by Gasteiger charge is -2.40. The van der Waals surface area contributed by atoms with Crippen LogP contribution in [-0.2, 0) is 4.79 Å². The van der Waals surface area contributed by atoms with Crippen LogP contribution in [0, 0.1) is 26.7 Å². The van der Waals surface area contributed by atoms with E-state index < -0.39 is 0 Å². The van der Waals surface area contributed by atoms with Gasteiger partial charge in [0, 0.05) is 69.3 Å². The monoisotopic (exact) mass is 459 g/mol. The van der Waals surface area contributed by atoms with Crippen molar-refractivity contribution < 1.29 is 4.79 Å². The summed E-state index contributed by atoms with van der Waals surface area (Å²) >= 11 is 0. The van der Waals surface area contributed by atoms with E-state index in [1.807, 2.05) is 23.8 Å². The molecule has 34 heavy (non-hydrogen) atoms. The molecule has 0 bridgehead atoms. The van der Waals surface area contributed by atoms with Crippen LogP contribution in [0.3, 0.4) is 0 Å². The minimum atomic E-state index is 0.0979. The number of aromatic nitrogens is 4. The molecule has 178 valence electrons. The molecule has 0 saturated carbocycles. The average Bonchev–Trinajstić information content (AvgIpc) is 3.31. The van der Waals surface area contributed by atoms with E-state index in [0.29, 0.717) is 5.91 Å². The van der Waals surface area contributed by atoms with Gasteiger partial charge in [-0.3, -0.25) is 9.36 Å². The van der Waals surface area contributed by atoms with Crippen LogP contribution in [0.2, 0.25) is 0 Å². The lowest BCUT2D eigenvalue weighted by Crippen LogP contribution is -2.52. The number of piperidine rings is 1. The first kappa shape index (κ1) is 22.4. The number of imidazole rings is 1. The predicted molar refractivity (Wildman–Crippen MR) is 134 cm³/mol. The molecule has 8 heteroatoms. The fraction of sp³-hybridized carbons (Fsp3) is 0.462. The third kappa shape index (κ3) is 4.49. The Hall–Kier alpha value is -3.42. The summed E-state index contributed by atoms with van der Waals surface area (Å²) in [7, 11) is 0. The number of hydrogen-bond acceptors (Lipinski definition) is 6. The topological polar surface area (TPSA) is 70.4 Å². The SMILES string of the molecule is Cc1ccc(C)c(N2CCN(C(=O)C3CCN(c4cc(-n5ccnc5C)ncn4)CC3)CC2)c1. The van der Waals surface area contributed by atoms with Crippen molar-refractivity contribution >= 4 is 17.4 Å². The lowest BCUT2D eigenvalue weighted by molar-refractivity contribution is -0.136. The van der Waals surface area contributed by atoms with E-state index in [1.165, 1.54) is 16.8 Å². The van der Waals surface area contributed by atoms with E-state index in [2.05, 4.69) is 61.7 Å². The Bertz CT molecular complexity index is 1160. The molecule has 2 fully saturated rings. The summed E-state index contributed by atoms with van der Waals surface area (Å²) in [5.41, 5.74) is 3.88. The van der Waals surface area contributed by atoms with Gasteiger partial charge in [-0.25, -0.2) is 15.0 Å². The van der Waals surface area contributed by atoms with Crippen LogP contribution in [0.1, 0.15) is 29.8 Å². The molecule has 5 rings (SSSR count). The maximum atomic E-state index is 13.3. The van der Waals surface area contributed by atoms with Crippen molar-refractivity contribution in [2.45, 2.75) is 33.6 Å². The van der Waals surface area contributed by atoms with Gasteiger partial charge in [0.25, 0.3) is 0 Å². The quantitative estimate of drug-likeness (QED) is 0.597. The summed E-state index contributed by atoms with van der Waals surface area (Å²) in [5, 5.41) is 0. The third-order valence-corrected chi connectivity index (χ3v) is 7.18. The van der Waals surface area contributed by atoms with Gasteiger partial charge in [0.05, 0.1) is 0 Å². The molecule has 2 saturated heterocycles. The van der Waals surface area contributed by atoms with Crippen LogP contribution < -0.4 is 9.80 Å². The number of carbonyl (C=O) groups is 1. The van der Waals surface area contributed by atoms with Gasteiger partial charge in [0.1, 0.15) is 23.8 Å². The van der Waals surface area contributed by atoms with Crippen molar-refractivity contribution in [2.24, 2.45) is 5.92 Å². The number of rotatable bonds is 4. The van der Waals surface area contributed by atoms with Crippen molar-refractivity contribution in [3.8, 4) is 5.82 Å². The van der Waals surface area contributed by atoms with Crippen LogP contribution in [0.5, 0.6) is 0 Å². The highest BCUT2D eigenvalue weighted by Gasteiger charge is 2.31. The first-order chi connectivity index (χ1) is 16.5. The lowest BCUT2D eigenvalue weighted by atomic mass is 9.95. The molecular weight excluding hydrogens is 426 g/mol. The summed E-state index contributed by atoms with van der Waals surface area (Å²) in [6.07, 6.45) is 7.01. The second kappa shape index (κ2) is 9.44. The molecule has 0 radical (unpaired) electrons. The van der Waals surface area contributed by atoms with Crippen LogP contribution in [0.4, 0.5) is 11.5 Å². The minimum Gasteiger partial charge on any atom is -0.368 e. The van der Waals surface area contributed by atoms with Gasteiger partial charge in [-0.15, -0.1) is 0 Å². The molecule has 0 N–H and O–H groups in total. The van der Waals surface area contributed by atoms with Crippen LogP contribution in [0.25, 0.3) is 5.82 Å². The molecule has 0 spiro atoms. The molecule has 2 aromatic heterocycles. The summed E-state index contributed by atoms with van der Waals surface area (Å²) in [6, 6.07) is 8.61. The van der Waals surface area contributed by atoms with Gasteiger partial charge < -0.3 is 14.7 Å². The Morgan fingerprint density at radius 3 is 2.29 bits per heavy atom. The number of aryl methyl sites for hydroxylation is 3. The first-order valence-corrected chi connectivity index (χ1v) is 12.2. The Kier molecular flexibility index (Phi) is 6.22. The third-order valence-electron chi connectivity index (χ3n) is 7.18. The van der Waals surface area contributed by atoms with Crippen LogP contribution >= 0.6 is 0 Å². The van der Waals surface area contributed by atoms with E-state index in [1.54, 1.807) is 12.5 Å². The van der Waals surface area contributed by atoms with Gasteiger partial charge in [0.15, 0.2) is 0 Å². The Labute approximate surface area is 201 Å². The zero-order chi connectivity index (χ0) is 23.7. The minimum absolute atomic E-state index is 0.0979. The standard InChI is InChI=1S/C26H33N7O/c1-19-4-5-20(2)23(16-19)30-12-14-32(15-13-30)26(34)22-6-9-31(10-7-22)24-17-25(29-18-28-24)33-11-8-27-21(33)3/h4-5,8,11,16-18,22H,6-7,9-10,12-15H2,1-3H3. The molecule has 2 aliphatic heterocycles.